The monoisotopic (exact) mass is 190 g/mol. The average Bonchev–Trinajstić information content (AvgIpc) is 2.25. The van der Waals surface area contributed by atoms with Gasteiger partial charge in [-0.15, -0.1) is 0 Å². The smallest absolute Gasteiger partial charge is 0.119 e. The zero-order valence-corrected chi connectivity index (χ0v) is 8.83. The Labute approximate surface area is 86.4 Å². The van der Waals surface area contributed by atoms with Crippen molar-refractivity contribution in [3.05, 3.63) is 36.4 Å². The molecule has 0 aliphatic rings. The highest BCUT2D eigenvalue weighted by Gasteiger charge is 1.93. The van der Waals surface area contributed by atoms with E-state index in [0.717, 1.165) is 24.3 Å². The number of hydrogen-bond acceptors (Lipinski definition) is 1. The van der Waals surface area contributed by atoms with E-state index >= 15 is 0 Å². The van der Waals surface area contributed by atoms with Crippen molar-refractivity contribution in [2.45, 2.75) is 26.2 Å². The molecule has 0 aliphatic heterocycles. The first kappa shape index (κ1) is 10.8. The lowest BCUT2D eigenvalue weighted by molar-refractivity contribution is 0.306. The zero-order valence-electron chi connectivity index (χ0n) is 8.83. The Morgan fingerprint density at radius 1 is 1.36 bits per heavy atom. The van der Waals surface area contributed by atoms with Crippen molar-refractivity contribution >= 4 is 6.08 Å². The van der Waals surface area contributed by atoms with Gasteiger partial charge in [-0.25, -0.2) is 0 Å². The second-order valence-electron chi connectivity index (χ2n) is 3.33. The molecule has 1 heteroatoms. The molecule has 1 aromatic carbocycles. The van der Waals surface area contributed by atoms with Gasteiger partial charge in [-0.05, 0) is 24.1 Å². The van der Waals surface area contributed by atoms with Gasteiger partial charge in [-0.3, -0.25) is 0 Å². The lowest BCUT2D eigenvalue weighted by atomic mass is 10.2. The summed E-state index contributed by atoms with van der Waals surface area (Å²) in [7, 11) is 0. The maximum absolute atomic E-state index is 5.60. The van der Waals surface area contributed by atoms with E-state index in [0.29, 0.717) is 0 Å². The normalized spacial score (nSPS) is 9.79. The molecule has 0 N–H and O–H groups in total. The molecule has 76 valence electrons. The van der Waals surface area contributed by atoms with Gasteiger partial charge in [0.15, 0.2) is 0 Å². The molecular formula is C13H18O. The van der Waals surface area contributed by atoms with E-state index in [9.17, 15) is 0 Å². The summed E-state index contributed by atoms with van der Waals surface area (Å²) in [6.07, 6.45) is 5.44. The SMILES string of the molecule is C=Cc1cccc(OCCCCC)c1. The summed E-state index contributed by atoms with van der Waals surface area (Å²) >= 11 is 0. The molecule has 0 radical (unpaired) electrons. The van der Waals surface area contributed by atoms with Crippen LogP contribution in [0.3, 0.4) is 0 Å². The van der Waals surface area contributed by atoms with Crippen molar-refractivity contribution in [1.82, 2.24) is 0 Å². The van der Waals surface area contributed by atoms with Gasteiger partial charge in [0.05, 0.1) is 6.61 Å². The Morgan fingerprint density at radius 3 is 2.93 bits per heavy atom. The summed E-state index contributed by atoms with van der Waals surface area (Å²) in [5, 5.41) is 0. The quantitative estimate of drug-likeness (QED) is 0.618. The van der Waals surface area contributed by atoms with E-state index in [4.69, 9.17) is 4.74 Å². The lowest BCUT2D eigenvalue weighted by Gasteiger charge is -2.05. The Morgan fingerprint density at radius 2 is 2.21 bits per heavy atom. The van der Waals surface area contributed by atoms with Gasteiger partial charge in [-0.2, -0.15) is 0 Å². The Bertz CT molecular complexity index is 278. The molecule has 1 nitrogen and oxygen atoms in total. The highest BCUT2D eigenvalue weighted by molar-refractivity contribution is 5.49. The summed E-state index contributed by atoms with van der Waals surface area (Å²) < 4.78 is 5.60. The molecule has 0 fully saturated rings. The molecular weight excluding hydrogens is 172 g/mol. The molecule has 0 atom stereocenters. The summed E-state index contributed by atoms with van der Waals surface area (Å²) in [5.74, 6) is 0.943. The lowest BCUT2D eigenvalue weighted by Crippen LogP contribution is -1.96. The van der Waals surface area contributed by atoms with Gasteiger partial charge in [-0.1, -0.05) is 44.6 Å². The van der Waals surface area contributed by atoms with Crippen LogP contribution >= 0.6 is 0 Å². The molecule has 0 aliphatic carbocycles. The molecule has 1 aromatic rings. The predicted octanol–water partition coefficient (Wildman–Crippen LogP) is 3.90. The fourth-order valence-electron chi connectivity index (χ4n) is 1.27. The van der Waals surface area contributed by atoms with Crippen molar-refractivity contribution in [2.24, 2.45) is 0 Å². The van der Waals surface area contributed by atoms with E-state index in [1.54, 1.807) is 0 Å². The van der Waals surface area contributed by atoms with Crippen LogP contribution in [0.4, 0.5) is 0 Å². The number of ether oxygens (including phenoxy) is 1. The third-order valence-corrected chi connectivity index (χ3v) is 2.11. The number of hydrogen-bond donors (Lipinski definition) is 0. The topological polar surface area (TPSA) is 9.23 Å². The van der Waals surface area contributed by atoms with Gasteiger partial charge in [0, 0.05) is 0 Å². The van der Waals surface area contributed by atoms with Crippen LogP contribution < -0.4 is 4.74 Å². The highest BCUT2D eigenvalue weighted by Crippen LogP contribution is 2.14. The van der Waals surface area contributed by atoms with Crippen LogP contribution in [0.1, 0.15) is 31.7 Å². The second kappa shape index (κ2) is 6.25. The average molecular weight is 190 g/mol. The summed E-state index contributed by atoms with van der Waals surface area (Å²) in [6.45, 7) is 6.73. The molecule has 0 bridgehead atoms. The van der Waals surface area contributed by atoms with Gasteiger partial charge >= 0.3 is 0 Å². The standard InChI is InChI=1S/C13H18O/c1-3-5-6-10-14-13-9-7-8-12(4-2)11-13/h4,7-9,11H,2-3,5-6,10H2,1H3. The maximum atomic E-state index is 5.60. The van der Waals surface area contributed by atoms with Crippen molar-refractivity contribution in [1.29, 1.82) is 0 Å². The van der Waals surface area contributed by atoms with E-state index in [1.165, 1.54) is 12.8 Å². The van der Waals surface area contributed by atoms with E-state index in [2.05, 4.69) is 13.5 Å². The fraction of sp³-hybridized carbons (Fsp3) is 0.385. The van der Waals surface area contributed by atoms with Crippen LogP contribution in [0.2, 0.25) is 0 Å². The van der Waals surface area contributed by atoms with Crippen LogP contribution in [0, 0.1) is 0 Å². The second-order valence-corrected chi connectivity index (χ2v) is 3.33. The first-order valence-electron chi connectivity index (χ1n) is 5.22. The molecule has 14 heavy (non-hydrogen) atoms. The first-order chi connectivity index (χ1) is 6.86. The third-order valence-electron chi connectivity index (χ3n) is 2.11. The van der Waals surface area contributed by atoms with E-state index < -0.39 is 0 Å². The van der Waals surface area contributed by atoms with Crippen molar-refractivity contribution in [2.75, 3.05) is 6.61 Å². The van der Waals surface area contributed by atoms with Crippen LogP contribution in [0.25, 0.3) is 6.08 Å². The minimum absolute atomic E-state index is 0.814. The first-order valence-corrected chi connectivity index (χ1v) is 5.22. The Kier molecular flexibility index (Phi) is 4.84. The Hall–Kier alpha value is -1.24. The minimum atomic E-state index is 0.814. The maximum Gasteiger partial charge on any atom is 0.119 e. The van der Waals surface area contributed by atoms with Crippen molar-refractivity contribution in [3.8, 4) is 5.75 Å². The molecule has 0 unspecified atom stereocenters. The minimum Gasteiger partial charge on any atom is -0.494 e. The molecule has 1 rings (SSSR count). The van der Waals surface area contributed by atoms with E-state index in [-0.39, 0.29) is 0 Å². The number of unbranched alkanes of at least 4 members (excludes halogenated alkanes) is 2. The number of rotatable bonds is 6. The summed E-state index contributed by atoms with van der Waals surface area (Å²) in [5.41, 5.74) is 1.11. The molecule has 0 aromatic heterocycles. The zero-order chi connectivity index (χ0) is 10.2. The fourth-order valence-corrected chi connectivity index (χ4v) is 1.27. The van der Waals surface area contributed by atoms with Gasteiger partial charge in [0.2, 0.25) is 0 Å². The summed E-state index contributed by atoms with van der Waals surface area (Å²) in [6, 6.07) is 8.01. The molecule has 0 saturated carbocycles. The molecule has 0 amide bonds. The van der Waals surface area contributed by atoms with Crippen molar-refractivity contribution < 1.29 is 4.74 Å². The number of benzene rings is 1. The van der Waals surface area contributed by atoms with Crippen LogP contribution in [0.15, 0.2) is 30.8 Å². The van der Waals surface area contributed by atoms with Gasteiger partial charge in [0.1, 0.15) is 5.75 Å². The largest absolute Gasteiger partial charge is 0.494 e. The van der Waals surface area contributed by atoms with Gasteiger partial charge < -0.3 is 4.74 Å². The van der Waals surface area contributed by atoms with Crippen LogP contribution in [-0.4, -0.2) is 6.61 Å². The summed E-state index contributed by atoms with van der Waals surface area (Å²) in [4.78, 5) is 0. The molecule has 0 heterocycles. The molecule has 0 saturated heterocycles. The van der Waals surface area contributed by atoms with Crippen LogP contribution in [-0.2, 0) is 0 Å². The van der Waals surface area contributed by atoms with Gasteiger partial charge in [0.25, 0.3) is 0 Å². The van der Waals surface area contributed by atoms with Crippen molar-refractivity contribution in [3.63, 3.8) is 0 Å². The third kappa shape index (κ3) is 3.65. The molecule has 0 spiro atoms. The van der Waals surface area contributed by atoms with Crippen LogP contribution in [0.5, 0.6) is 5.75 Å². The Balaban J connectivity index is 2.38. The highest BCUT2D eigenvalue weighted by atomic mass is 16.5. The predicted molar refractivity (Wildman–Crippen MR) is 61.6 cm³/mol. The van der Waals surface area contributed by atoms with E-state index in [1.807, 2.05) is 30.3 Å².